The van der Waals surface area contributed by atoms with E-state index in [2.05, 4.69) is 20.5 Å². The summed E-state index contributed by atoms with van der Waals surface area (Å²) in [6, 6.07) is 15.4. The van der Waals surface area contributed by atoms with Gasteiger partial charge >= 0.3 is 0 Å². The summed E-state index contributed by atoms with van der Waals surface area (Å²) in [6.45, 7) is 0.494. The third-order valence-electron chi connectivity index (χ3n) is 2.97. The van der Waals surface area contributed by atoms with Gasteiger partial charge in [0.05, 0.1) is 12.1 Å². The number of para-hydroxylation sites is 1. The summed E-state index contributed by atoms with van der Waals surface area (Å²) >= 11 is 0. The van der Waals surface area contributed by atoms with Gasteiger partial charge in [0.15, 0.2) is 5.82 Å². The standard InChI is InChI=1S/C15H12N6/c16-8-12-6-7-14(17-9-12)18-10-15-20-19-11-21(15)13-4-2-1-3-5-13/h1-7,9,11H,10H2,(H,17,18). The second-order valence-corrected chi connectivity index (χ2v) is 4.35. The largest absolute Gasteiger partial charge is 0.363 e. The summed E-state index contributed by atoms with van der Waals surface area (Å²) in [4.78, 5) is 4.16. The van der Waals surface area contributed by atoms with Gasteiger partial charge in [0.1, 0.15) is 18.2 Å². The van der Waals surface area contributed by atoms with Crippen molar-refractivity contribution in [2.75, 3.05) is 5.32 Å². The first-order valence-corrected chi connectivity index (χ1v) is 6.41. The number of pyridine rings is 1. The Balaban J connectivity index is 1.74. The van der Waals surface area contributed by atoms with E-state index in [0.29, 0.717) is 17.9 Å². The number of aromatic nitrogens is 4. The number of anilines is 1. The Morgan fingerprint density at radius 3 is 2.71 bits per heavy atom. The predicted octanol–water partition coefficient (Wildman–Crippen LogP) is 2.15. The first-order valence-electron chi connectivity index (χ1n) is 6.41. The second-order valence-electron chi connectivity index (χ2n) is 4.35. The third-order valence-corrected chi connectivity index (χ3v) is 2.97. The zero-order valence-corrected chi connectivity index (χ0v) is 11.1. The van der Waals surface area contributed by atoms with Gasteiger partial charge in [-0.15, -0.1) is 10.2 Å². The Bertz CT molecular complexity index is 755. The van der Waals surface area contributed by atoms with E-state index in [-0.39, 0.29) is 0 Å². The van der Waals surface area contributed by atoms with E-state index in [1.54, 1.807) is 18.5 Å². The minimum absolute atomic E-state index is 0.494. The van der Waals surface area contributed by atoms with Crippen LogP contribution in [0.1, 0.15) is 11.4 Å². The van der Waals surface area contributed by atoms with Gasteiger partial charge in [0.25, 0.3) is 0 Å². The predicted molar refractivity (Wildman–Crippen MR) is 77.6 cm³/mol. The minimum atomic E-state index is 0.494. The molecule has 0 aliphatic carbocycles. The molecule has 1 N–H and O–H groups in total. The van der Waals surface area contributed by atoms with Crippen LogP contribution in [0, 0.1) is 11.3 Å². The maximum atomic E-state index is 8.74. The third kappa shape index (κ3) is 2.87. The first kappa shape index (κ1) is 12.8. The second kappa shape index (κ2) is 5.84. The number of nitrogens with zero attached hydrogens (tertiary/aromatic N) is 5. The molecule has 2 aromatic heterocycles. The van der Waals surface area contributed by atoms with Crippen LogP contribution in [0.25, 0.3) is 5.69 Å². The topological polar surface area (TPSA) is 79.4 Å². The number of hydrogen-bond acceptors (Lipinski definition) is 5. The summed E-state index contributed by atoms with van der Waals surface area (Å²) in [5.41, 5.74) is 1.54. The van der Waals surface area contributed by atoms with Crippen LogP contribution < -0.4 is 5.32 Å². The molecule has 6 nitrogen and oxygen atoms in total. The number of rotatable bonds is 4. The van der Waals surface area contributed by atoms with Crippen molar-refractivity contribution in [1.82, 2.24) is 19.7 Å². The van der Waals surface area contributed by atoms with E-state index >= 15 is 0 Å². The molecule has 0 saturated heterocycles. The zero-order chi connectivity index (χ0) is 14.5. The molecule has 0 bridgehead atoms. The fourth-order valence-corrected chi connectivity index (χ4v) is 1.92. The molecule has 102 valence electrons. The Hall–Kier alpha value is -3.20. The van der Waals surface area contributed by atoms with E-state index in [4.69, 9.17) is 5.26 Å². The smallest absolute Gasteiger partial charge is 0.156 e. The Labute approximate surface area is 121 Å². The van der Waals surface area contributed by atoms with Gasteiger partial charge < -0.3 is 5.32 Å². The Morgan fingerprint density at radius 2 is 2.00 bits per heavy atom. The Kier molecular flexibility index (Phi) is 3.56. The maximum absolute atomic E-state index is 8.74. The van der Waals surface area contributed by atoms with Gasteiger partial charge in [0.2, 0.25) is 0 Å². The molecule has 0 radical (unpaired) electrons. The van der Waals surface area contributed by atoms with E-state index < -0.39 is 0 Å². The van der Waals surface area contributed by atoms with Crippen LogP contribution in [0.15, 0.2) is 55.0 Å². The van der Waals surface area contributed by atoms with Crippen molar-refractivity contribution < 1.29 is 0 Å². The maximum Gasteiger partial charge on any atom is 0.156 e. The lowest BCUT2D eigenvalue weighted by Crippen LogP contribution is -2.08. The molecule has 1 aromatic carbocycles. The van der Waals surface area contributed by atoms with Crippen molar-refractivity contribution in [2.45, 2.75) is 6.54 Å². The number of benzene rings is 1. The van der Waals surface area contributed by atoms with Crippen molar-refractivity contribution in [3.05, 3.63) is 66.4 Å². The monoisotopic (exact) mass is 276 g/mol. The van der Waals surface area contributed by atoms with Crippen molar-refractivity contribution in [3.8, 4) is 11.8 Å². The SMILES string of the molecule is N#Cc1ccc(NCc2nncn2-c2ccccc2)nc1. The molecule has 21 heavy (non-hydrogen) atoms. The van der Waals surface area contributed by atoms with Crippen LogP contribution in [0.5, 0.6) is 0 Å². The summed E-state index contributed by atoms with van der Waals surface area (Å²) in [7, 11) is 0. The number of nitrogens with one attached hydrogen (secondary N) is 1. The molecule has 0 spiro atoms. The van der Waals surface area contributed by atoms with Crippen LogP contribution >= 0.6 is 0 Å². The molecule has 0 fully saturated rings. The molecular formula is C15H12N6. The highest BCUT2D eigenvalue weighted by molar-refractivity contribution is 5.39. The lowest BCUT2D eigenvalue weighted by atomic mass is 10.3. The molecule has 0 aliphatic rings. The van der Waals surface area contributed by atoms with Gasteiger partial charge in [-0.05, 0) is 24.3 Å². The van der Waals surface area contributed by atoms with Gasteiger partial charge in [-0.3, -0.25) is 4.57 Å². The first-order chi connectivity index (χ1) is 10.4. The summed E-state index contributed by atoms with van der Waals surface area (Å²) < 4.78 is 1.91. The van der Waals surface area contributed by atoms with Crippen LogP contribution in [0.4, 0.5) is 5.82 Å². The Morgan fingerprint density at radius 1 is 1.14 bits per heavy atom. The van der Waals surface area contributed by atoms with Gasteiger partial charge in [0, 0.05) is 11.9 Å². The minimum Gasteiger partial charge on any atom is -0.363 e. The van der Waals surface area contributed by atoms with Crippen LogP contribution in [-0.4, -0.2) is 19.7 Å². The lowest BCUT2D eigenvalue weighted by molar-refractivity contribution is 0.886. The fraction of sp³-hybridized carbons (Fsp3) is 0.0667. The van der Waals surface area contributed by atoms with E-state index in [1.807, 2.05) is 41.0 Å². The molecule has 0 unspecified atom stereocenters. The fourth-order valence-electron chi connectivity index (χ4n) is 1.92. The normalized spacial score (nSPS) is 10.0. The molecule has 3 rings (SSSR count). The molecule has 0 saturated carbocycles. The molecule has 0 atom stereocenters. The van der Waals surface area contributed by atoms with Crippen molar-refractivity contribution in [2.24, 2.45) is 0 Å². The van der Waals surface area contributed by atoms with Gasteiger partial charge in [-0.25, -0.2) is 4.98 Å². The molecular weight excluding hydrogens is 264 g/mol. The summed E-state index contributed by atoms with van der Waals surface area (Å²) in [6.07, 6.45) is 3.21. The van der Waals surface area contributed by atoms with Crippen LogP contribution in [0.2, 0.25) is 0 Å². The zero-order valence-electron chi connectivity index (χ0n) is 11.1. The van der Waals surface area contributed by atoms with Crippen molar-refractivity contribution in [3.63, 3.8) is 0 Å². The summed E-state index contributed by atoms with van der Waals surface area (Å²) in [5, 5.41) is 20.0. The molecule has 0 aliphatic heterocycles. The van der Waals surface area contributed by atoms with Crippen LogP contribution in [0.3, 0.4) is 0 Å². The highest BCUT2D eigenvalue weighted by Crippen LogP contribution is 2.11. The van der Waals surface area contributed by atoms with Gasteiger partial charge in [-0.1, -0.05) is 18.2 Å². The molecule has 3 aromatic rings. The lowest BCUT2D eigenvalue weighted by Gasteiger charge is -2.08. The number of nitriles is 1. The van der Waals surface area contributed by atoms with E-state index in [0.717, 1.165) is 11.5 Å². The van der Waals surface area contributed by atoms with Crippen LogP contribution in [-0.2, 0) is 6.54 Å². The quantitative estimate of drug-likeness (QED) is 0.789. The molecule has 0 amide bonds. The van der Waals surface area contributed by atoms with E-state index in [1.165, 1.54) is 6.20 Å². The molecule has 6 heteroatoms. The average molecular weight is 276 g/mol. The highest BCUT2D eigenvalue weighted by Gasteiger charge is 2.06. The highest BCUT2D eigenvalue weighted by atomic mass is 15.3. The van der Waals surface area contributed by atoms with Crippen molar-refractivity contribution in [1.29, 1.82) is 5.26 Å². The van der Waals surface area contributed by atoms with Crippen molar-refractivity contribution >= 4 is 5.82 Å². The summed E-state index contributed by atoms with van der Waals surface area (Å²) in [5.74, 6) is 1.48. The average Bonchev–Trinajstić information content (AvgIpc) is 3.03. The number of hydrogen-bond donors (Lipinski definition) is 1. The van der Waals surface area contributed by atoms with Gasteiger partial charge in [-0.2, -0.15) is 5.26 Å². The molecule has 2 heterocycles. The van der Waals surface area contributed by atoms with E-state index in [9.17, 15) is 0 Å².